The van der Waals surface area contributed by atoms with Crippen LogP contribution in [0.5, 0.6) is 5.75 Å². The summed E-state index contributed by atoms with van der Waals surface area (Å²) in [6.07, 6.45) is 3.71. The van der Waals surface area contributed by atoms with Crippen molar-refractivity contribution in [3.05, 3.63) is 29.3 Å². The largest absolute Gasteiger partial charge is 0.491 e. The average Bonchev–Trinajstić information content (AvgIpc) is 2.38. The van der Waals surface area contributed by atoms with Gasteiger partial charge in [0.15, 0.2) is 0 Å². The van der Waals surface area contributed by atoms with Crippen LogP contribution in [0.25, 0.3) is 0 Å². The molecule has 1 heterocycles. The Morgan fingerprint density at radius 3 is 2.94 bits per heavy atom. The lowest BCUT2D eigenvalue weighted by Gasteiger charge is -2.23. The van der Waals surface area contributed by atoms with Crippen LogP contribution in [0, 0.1) is 6.92 Å². The lowest BCUT2D eigenvalue weighted by Crippen LogP contribution is -2.26. The molecule has 0 bridgehead atoms. The average molecular weight is 265 g/mol. The molecule has 3 nitrogen and oxygen atoms in total. The molecule has 1 unspecified atom stereocenters. The highest BCUT2D eigenvalue weighted by Gasteiger charge is 2.14. The van der Waals surface area contributed by atoms with Crippen LogP contribution >= 0.6 is 12.2 Å². The van der Waals surface area contributed by atoms with Crippen LogP contribution in [0.1, 0.15) is 30.4 Å². The third-order valence-electron chi connectivity index (χ3n) is 3.16. The zero-order chi connectivity index (χ0) is 13.0. The molecule has 1 saturated heterocycles. The summed E-state index contributed by atoms with van der Waals surface area (Å²) >= 11 is 4.95. The summed E-state index contributed by atoms with van der Waals surface area (Å²) in [7, 11) is 0. The maximum Gasteiger partial charge on any atom is 0.122 e. The van der Waals surface area contributed by atoms with E-state index in [1.807, 2.05) is 25.1 Å². The minimum absolute atomic E-state index is 0.230. The van der Waals surface area contributed by atoms with E-state index in [0.717, 1.165) is 36.3 Å². The summed E-state index contributed by atoms with van der Waals surface area (Å²) in [5.41, 5.74) is 7.52. The highest BCUT2D eigenvalue weighted by atomic mass is 32.1. The van der Waals surface area contributed by atoms with Gasteiger partial charge in [0.1, 0.15) is 17.3 Å². The third-order valence-corrected chi connectivity index (χ3v) is 3.39. The molecule has 1 aromatic carbocycles. The molecule has 1 aliphatic rings. The van der Waals surface area contributed by atoms with Gasteiger partial charge in [-0.05, 0) is 49.9 Å². The molecule has 18 heavy (non-hydrogen) atoms. The van der Waals surface area contributed by atoms with Crippen LogP contribution in [-0.4, -0.2) is 24.3 Å². The predicted molar refractivity (Wildman–Crippen MR) is 76.2 cm³/mol. The lowest BCUT2D eigenvalue weighted by molar-refractivity contribution is -0.0111. The Morgan fingerprint density at radius 1 is 1.50 bits per heavy atom. The van der Waals surface area contributed by atoms with Crippen molar-refractivity contribution in [1.29, 1.82) is 0 Å². The highest BCUT2D eigenvalue weighted by Crippen LogP contribution is 2.21. The number of hydrogen-bond acceptors (Lipinski definition) is 3. The van der Waals surface area contributed by atoms with Crippen molar-refractivity contribution in [1.82, 2.24) is 0 Å². The van der Waals surface area contributed by atoms with Crippen LogP contribution in [0.3, 0.4) is 0 Å². The fraction of sp³-hybridized carbons (Fsp3) is 0.500. The SMILES string of the molecule is Cc1cc(C(N)=S)ccc1OCC1CCCCO1. The van der Waals surface area contributed by atoms with Crippen LogP contribution in [-0.2, 0) is 4.74 Å². The maximum atomic E-state index is 5.80. The Kier molecular flexibility index (Phi) is 4.55. The molecule has 0 saturated carbocycles. The minimum Gasteiger partial charge on any atom is -0.491 e. The van der Waals surface area contributed by atoms with Crippen molar-refractivity contribution >= 4 is 17.2 Å². The molecule has 0 spiro atoms. The molecule has 0 aliphatic carbocycles. The second-order valence-electron chi connectivity index (χ2n) is 4.64. The summed E-state index contributed by atoms with van der Waals surface area (Å²) in [4.78, 5) is 0.417. The number of ether oxygens (including phenoxy) is 2. The zero-order valence-corrected chi connectivity index (χ0v) is 11.5. The maximum absolute atomic E-state index is 5.80. The molecular formula is C14H19NO2S. The summed E-state index contributed by atoms with van der Waals surface area (Å²) in [6, 6.07) is 5.78. The Balaban J connectivity index is 1.94. The van der Waals surface area contributed by atoms with Gasteiger partial charge >= 0.3 is 0 Å². The predicted octanol–water partition coefficient (Wildman–Crippen LogP) is 2.58. The Hall–Kier alpha value is -1.13. The van der Waals surface area contributed by atoms with Gasteiger partial charge in [0.05, 0.1) is 6.10 Å². The smallest absolute Gasteiger partial charge is 0.122 e. The molecule has 0 radical (unpaired) electrons. The third kappa shape index (κ3) is 3.43. The van der Waals surface area contributed by atoms with Gasteiger partial charge in [0.25, 0.3) is 0 Å². The fourth-order valence-electron chi connectivity index (χ4n) is 2.09. The van der Waals surface area contributed by atoms with Crippen molar-refractivity contribution in [3.8, 4) is 5.75 Å². The van der Waals surface area contributed by atoms with E-state index < -0.39 is 0 Å². The van der Waals surface area contributed by atoms with E-state index >= 15 is 0 Å². The quantitative estimate of drug-likeness (QED) is 0.850. The molecule has 1 fully saturated rings. The first-order valence-corrected chi connectivity index (χ1v) is 6.72. The van der Waals surface area contributed by atoms with E-state index in [1.54, 1.807) is 0 Å². The topological polar surface area (TPSA) is 44.5 Å². The number of aryl methyl sites for hydroxylation is 1. The molecule has 98 valence electrons. The first-order valence-electron chi connectivity index (χ1n) is 6.31. The lowest BCUT2D eigenvalue weighted by atomic mass is 10.1. The van der Waals surface area contributed by atoms with Crippen molar-refractivity contribution in [2.45, 2.75) is 32.3 Å². The van der Waals surface area contributed by atoms with Gasteiger partial charge in [0, 0.05) is 12.2 Å². The van der Waals surface area contributed by atoms with Crippen LogP contribution < -0.4 is 10.5 Å². The van der Waals surface area contributed by atoms with E-state index in [2.05, 4.69) is 0 Å². The van der Waals surface area contributed by atoms with Crippen molar-refractivity contribution in [3.63, 3.8) is 0 Å². The molecule has 2 N–H and O–H groups in total. The Bertz CT molecular complexity index is 428. The molecule has 0 aromatic heterocycles. The first-order chi connectivity index (χ1) is 8.66. The van der Waals surface area contributed by atoms with Gasteiger partial charge < -0.3 is 15.2 Å². The van der Waals surface area contributed by atoms with E-state index in [9.17, 15) is 0 Å². The molecule has 0 amide bonds. The summed E-state index contributed by atoms with van der Waals surface area (Å²) in [6.45, 7) is 3.47. The van der Waals surface area contributed by atoms with Gasteiger partial charge in [0.2, 0.25) is 0 Å². The molecule has 1 atom stereocenters. The number of benzene rings is 1. The standard InChI is InChI=1S/C14H19NO2S/c1-10-8-11(14(15)18)5-6-13(10)17-9-12-4-2-3-7-16-12/h5-6,8,12H,2-4,7,9H2,1H3,(H2,15,18). The molecule has 2 rings (SSSR count). The second-order valence-corrected chi connectivity index (χ2v) is 5.08. The molecular weight excluding hydrogens is 246 g/mol. The molecule has 4 heteroatoms. The summed E-state index contributed by atoms with van der Waals surface area (Å²) in [5.74, 6) is 0.879. The normalized spacial score (nSPS) is 19.5. The van der Waals surface area contributed by atoms with Gasteiger partial charge in [-0.2, -0.15) is 0 Å². The highest BCUT2D eigenvalue weighted by molar-refractivity contribution is 7.80. The van der Waals surface area contributed by atoms with Crippen molar-refractivity contribution in [2.75, 3.05) is 13.2 Å². The second kappa shape index (κ2) is 6.16. The number of thiocarbonyl (C=S) groups is 1. The van der Waals surface area contributed by atoms with E-state index in [0.29, 0.717) is 11.6 Å². The first kappa shape index (κ1) is 13.3. The van der Waals surface area contributed by atoms with Gasteiger partial charge in [-0.3, -0.25) is 0 Å². The van der Waals surface area contributed by atoms with Crippen LogP contribution in [0.4, 0.5) is 0 Å². The van der Waals surface area contributed by atoms with Gasteiger partial charge in [-0.25, -0.2) is 0 Å². The Morgan fingerprint density at radius 2 is 2.33 bits per heavy atom. The number of hydrogen-bond donors (Lipinski definition) is 1. The van der Waals surface area contributed by atoms with Crippen LogP contribution in [0.15, 0.2) is 18.2 Å². The van der Waals surface area contributed by atoms with Gasteiger partial charge in [-0.1, -0.05) is 12.2 Å². The van der Waals surface area contributed by atoms with Crippen molar-refractivity contribution in [2.24, 2.45) is 5.73 Å². The van der Waals surface area contributed by atoms with E-state index in [-0.39, 0.29) is 6.10 Å². The van der Waals surface area contributed by atoms with Gasteiger partial charge in [-0.15, -0.1) is 0 Å². The summed E-state index contributed by atoms with van der Waals surface area (Å²) in [5, 5.41) is 0. The fourth-order valence-corrected chi connectivity index (χ4v) is 2.21. The minimum atomic E-state index is 0.230. The van der Waals surface area contributed by atoms with Crippen molar-refractivity contribution < 1.29 is 9.47 Å². The molecule has 1 aliphatic heterocycles. The zero-order valence-electron chi connectivity index (χ0n) is 10.6. The number of nitrogens with two attached hydrogens (primary N) is 1. The molecule has 1 aromatic rings. The van der Waals surface area contributed by atoms with E-state index in [1.165, 1.54) is 6.42 Å². The number of rotatable bonds is 4. The van der Waals surface area contributed by atoms with E-state index in [4.69, 9.17) is 27.4 Å². The Labute approximate surface area is 113 Å². The monoisotopic (exact) mass is 265 g/mol. The van der Waals surface area contributed by atoms with Crippen LogP contribution in [0.2, 0.25) is 0 Å². The summed E-state index contributed by atoms with van der Waals surface area (Å²) < 4.78 is 11.4.